The van der Waals surface area contributed by atoms with Crippen LogP contribution in [0.25, 0.3) is 0 Å². The van der Waals surface area contributed by atoms with E-state index in [4.69, 9.17) is 15.2 Å². The first-order valence-electron chi connectivity index (χ1n) is 6.62. The molecule has 1 unspecified atom stereocenters. The largest absolute Gasteiger partial charge is 0.383 e. The SMILES string of the molecule is COCCN(CCC1(N)CCC1)C(C)COC. The first kappa shape index (κ1) is 14.9. The highest BCUT2D eigenvalue weighted by molar-refractivity contribution is 4.93. The van der Waals surface area contributed by atoms with Crippen molar-refractivity contribution in [2.45, 2.75) is 44.2 Å². The summed E-state index contributed by atoms with van der Waals surface area (Å²) in [4.78, 5) is 2.42. The molecule has 1 fully saturated rings. The average molecular weight is 244 g/mol. The molecule has 1 saturated carbocycles. The zero-order valence-electron chi connectivity index (χ0n) is 11.6. The molecule has 2 N–H and O–H groups in total. The maximum Gasteiger partial charge on any atom is 0.0615 e. The van der Waals surface area contributed by atoms with Gasteiger partial charge in [-0.3, -0.25) is 4.90 Å². The van der Waals surface area contributed by atoms with E-state index in [1.54, 1.807) is 14.2 Å². The predicted molar refractivity (Wildman–Crippen MR) is 70.2 cm³/mol. The summed E-state index contributed by atoms with van der Waals surface area (Å²) in [6.45, 7) is 5.73. The van der Waals surface area contributed by atoms with Gasteiger partial charge in [-0.2, -0.15) is 0 Å². The third kappa shape index (κ3) is 4.92. The molecule has 0 saturated heterocycles. The number of rotatable bonds is 9. The third-order valence-corrected chi connectivity index (χ3v) is 3.86. The first-order valence-corrected chi connectivity index (χ1v) is 6.62. The fourth-order valence-electron chi connectivity index (χ4n) is 2.35. The lowest BCUT2D eigenvalue weighted by atomic mass is 9.75. The summed E-state index contributed by atoms with van der Waals surface area (Å²) in [6.07, 6.45) is 4.75. The normalized spacial score (nSPS) is 20.3. The summed E-state index contributed by atoms with van der Waals surface area (Å²) >= 11 is 0. The van der Waals surface area contributed by atoms with Crippen molar-refractivity contribution in [2.75, 3.05) is 40.5 Å². The van der Waals surface area contributed by atoms with Gasteiger partial charge >= 0.3 is 0 Å². The van der Waals surface area contributed by atoms with Gasteiger partial charge in [0.25, 0.3) is 0 Å². The van der Waals surface area contributed by atoms with Crippen LogP contribution in [0.4, 0.5) is 0 Å². The highest BCUT2D eigenvalue weighted by atomic mass is 16.5. The van der Waals surface area contributed by atoms with Gasteiger partial charge in [-0.15, -0.1) is 0 Å². The van der Waals surface area contributed by atoms with Crippen molar-refractivity contribution < 1.29 is 9.47 Å². The van der Waals surface area contributed by atoms with Crippen molar-refractivity contribution in [1.29, 1.82) is 0 Å². The molecule has 0 aromatic carbocycles. The molecule has 0 spiro atoms. The van der Waals surface area contributed by atoms with E-state index in [1.165, 1.54) is 19.3 Å². The van der Waals surface area contributed by atoms with Crippen LogP contribution in [0.5, 0.6) is 0 Å². The quantitative estimate of drug-likeness (QED) is 0.663. The van der Waals surface area contributed by atoms with E-state index in [0.29, 0.717) is 6.04 Å². The molecule has 0 bridgehead atoms. The molecule has 0 amide bonds. The Bertz CT molecular complexity index is 208. The molecule has 1 aliphatic rings. The van der Waals surface area contributed by atoms with Crippen LogP contribution < -0.4 is 5.73 Å². The molecule has 102 valence electrons. The summed E-state index contributed by atoms with van der Waals surface area (Å²) in [7, 11) is 3.50. The fourth-order valence-corrected chi connectivity index (χ4v) is 2.35. The van der Waals surface area contributed by atoms with Gasteiger partial charge < -0.3 is 15.2 Å². The third-order valence-electron chi connectivity index (χ3n) is 3.86. The lowest BCUT2D eigenvalue weighted by Gasteiger charge is -2.40. The van der Waals surface area contributed by atoms with Gasteiger partial charge in [0.05, 0.1) is 13.2 Å². The Hall–Kier alpha value is -0.160. The van der Waals surface area contributed by atoms with Crippen LogP contribution in [0.15, 0.2) is 0 Å². The summed E-state index contributed by atoms with van der Waals surface area (Å²) in [6, 6.07) is 0.429. The molecule has 1 atom stereocenters. The zero-order valence-corrected chi connectivity index (χ0v) is 11.6. The molecular formula is C13H28N2O2. The molecule has 0 aromatic rings. The van der Waals surface area contributed by atoms with E-state index in [2.05, 4.69) is 11.8 Å². The van der Waals surface area contributed by atoms with Gasteiger partial charge in [0.15, 0.2) is 0 Å². The van der Waals surface area contributed by atoms with Gasteiger partial charge in [-0.05, 0) is 32.6 Å². The maximum absolute atomic E-state index is 6.26. The molecule has 0 aromatic heterocycles. The standard InChI is InChI=1S/C13H28N2O2/c1-12(11-17-3)15(9-10-16-2)8-7-13(14)5-4-6-13/h12H,4-11,14H2,1-3H3. The topological polar surface area (TPSA) is 47.7 Å². The maximum atomic E-state index is 6.26. The van der Waals surface area contributed by atoms with Crippen LogP contribution in [0, 0.1) is 0 Å². The van der Waals surface area contributed by atoms with Crippen LogP contribution in [0.1, 0.15) is 32.6 Å². The highest BCUT2D eigenvalue weighted by Gasteiger charge is 2.32. The van der Waals surface area contributed by atoms with Gasteiger partial charge in [0.1, 0.15) is 0 Å². The summed E-state index contributed by atoms with van der Waals surface area (Å²) < 4.78 is 10.4. The molecule has 4 nitrogen and oxygen atoms in total. The minimum Gasteiger partial charge on any atom is -0.383 e. The lowest BCUT2D eigenvalue weighted by molar-refractivity contribution is 0.0648. The Balaban J connectivity index is 2.33. The van der Waals surface area contributed by atoms with Gasteiger partial charge in [-0.1, -0.05) is 0 Å². The minimum atomic E-state index is 0.109. The Kier molecular flexibility index (Phi) is 6.41. The molecule has 0 aliphatic heterocycles. The van der Waals surface area contributed by atoms with Crippen molar-refractivity contribution >= 4 is 0 Å². The van der Waals surface area contributed by atoms with Crippen molar-refractivity contribution in [3.05, 3.63) is 0 Å². The fraction of sp³-hybridized carbons (Fsp3) is 1.00. The molecule has 0 radical (unpaired) electrons. The van der Waals surface area contributed by atoms with Crippen molar-refractivity contribution in [1.82, 2.24) is 4.90 Å². The monoisotopic (exact) mass is 244 g/mol. The number of ether oxygens (including phenoxy) is 2. The molecule has 0 heterocycles. The number of methoxy groups -OCH3 is 2. The van der Waals surface area contributed by atoms with E-state index in [9.17, 15) is 0 Å². The van der Waals surface area contributed by atoms with E-state index in [0.717, 1.165) is 32.7 Å². The second-order valence-electron chi connectivity index (χ2n) is 5.30. The van der Waals surface area contributed by atoms with E-state index in [1.807, 2.05) is 0 Å². The average Bonchev–Trinajstić information content (AvgIpc) is 2.27. The molecule has 4 heteroatoms. The number of nitrogens with zero attached hydrogens (tertiary/aromatic N) is 1. The van der Waals surface area contributed by atoms with Crippen LogP contribution in [0.3, 0.4) is 0 Å². The highest BCUT2D eigenvalue weighted by Crippen LogP contribution is 2.32. The number of hydrogen-bond acceptors (Lipinski definition) is 4. The summed E-state index contributed by atoms with van der Waals surface area (Å²) in [5.41, 5.74) is 6.37. The smallest absolute Gasteiger partial charge is 0.0615 e. The van der Waals surface area contributed by atoms with Gasteiger partial charge in [-0.25, -0.2) is 0 Å². The Morgan fingerprint density at radius 3 is 2.41 bits per heavy atom. The van der Waals surface area contributed by atoms with Gasteiger partial charge in [0, 0.05) is 38.9 Å². The second kappa shape index (κ2) is 7.31. The van der Waals surface area contributed by atoms with E-state index < -0.39 is 0 Å². The van der Waals surface area contributed by atoms with Crippen LogP contribution in [-0.2, 0) is 9.47 Å². The van der Waals surface area contributed by atoms with E-state index in [-0.39, 0.29) is 5.54 Å². The second-order valence-corrected chi connectivity index (χ2v) is 5.30. The first-order chi connectivity index (χ1) is 8.11. The van der Waals surface area contributed by atoms with Crippen molar-refractivity contribution in [3.8, 4) is 0 Å². The molecule has 1 aliphatic carbocycles. The van der Waals surface area contributed by atoms with Crippen molar-refractivity contribution in [3.63, 3.8) is 0 Å². The number of nitrogens with two attached hydrogens (primary N) is 1. The summed E-state index contributed by atoms with van der Waals surface area (Å²) in [5, 5.41) is 0. The van der Waals surface area contributed by atoms with E-state index >= 15 is 0 Å². The Labute approximate surface area is 105 Å². The summed E-state index contributed by atoms with van der Waals surface area (Å²) in [5.74, 6) is 0. The Morgan fingerprint density at radius 1 is 1.24 bits per heavy atom. The Morgan fingerprint density at radius 2 is 1.94 bits per heavy atom. The lowest BCUT2D eigenvalue weighted by Crippen LogP contribution is -2.50. The predicted octanol–water partition coefficient (Wildman–Crippen LogP) is 1.24. The molecule has 1 rings (SSSR count). The van der Waals surface area contributed by atoms with Gasteiger partial charge in [0.2, 0.25) is 0 Å². The van der Waals surface area contributed by atoms with Crippen molar-refractivity contribution in [2.24, 2.45) is 5.73 Å². The molecule has 17 heavy (non-hydrogen) atoms. The molecular weight excluding hydrogens is 216 g/mol. The van der Waals surface area contributed by atoms with Crippen LogP contribution >= 0.6 is 0 Å². The zero-order chi connectivity index (χ0) is 12.7. The van der Waals surface area contributed by atoms with Crippen LogP contribution in [-0.4, -0.2) is 57.0 Å². The minimum absolute atomic E-state index is 0.109. The van der Waals surface area contributed by atoms with Crippen LogP contribution in [0.2, 0.25) is 0 Å². The number of hydrogen-bond donors (Lipinski definition) is 1.